The van der Waals surface area contributed by atoms with Crippen LogP contribution in [0.1, 0.15) is 71.6 Å². The summed E-state index contributed by atoms with van der Waals surface area (Å²) in [7, 11) is 0. The lowest BCUT2D eigenvalue weighted by atomic mass is 9.41. The number of allylic oxidation sites excluding steroid dienone is 1. The third kappa shape index (κ3) is 1.65. The van der Waals surface area contributed by atoms with Gasteiger partial charge in [-0.2, -0.15) is 0 Å². The van der Waals surface area contributed by atoms with Crippen LogP contribution in [0, 0.1) is 34.0 Å². The van der Waals surface area contributed by atoms with Crippen LogP contribution in [0.5, 0.6) is 0 Å². The van der Waals surface area contributed by atoms with E-state index in [-0.39, 0.29) is 5.41 Å². The summed E-state index contributed by atoms with van der Waals surface area (Å²) < 4.78 is 0. The van der Waals surface area contributed by atoms with Crippen molar-refractivity contribution >= 4 is 5.97 Å². The number of carboxylic acid groups (broad SMARTS) is 1. The maximum Gasteiger partial charge on any atom is 0.309 e. The molecule has 1 N–H and O–H groups in total. The fraction of sp³-hybridized carbons (Fsp3) is 0.850. The largest absolute Gasteiger partial charge is 0.481 e. The Labute approximate surface area is 134 Å². The van der Waals surface area contributed by atoms with Crippen LogP contribution >= 0.6 is 0 Å². The molecule has 0 amide bonds. The summed E-state index contributed by atoms with van der Waals surface area (Å²) >= 11 is 0. The maximum atomic E-state index is 12.0. The van der Waals surface area contributed by atoms with Gasteiger partial charge in [-0.15, -0.1) is 0 Å². The molecule has 4 saturated carbocycles. The van der Waals surface area contributed by atoms with Gasteiger partial charge in [0.05, 0.1) is 5.41 Å². The quantitative estimate of drug-likeness (QED) is 0.689. The number of carboxylic acids is 1. The molecule has 0 aromatic carbocycles. The van der Waals surface area contributed by atoms with Crippen LogP contribution < -0.4 is 0 Å². The standard InChI is InChI=1S/C20H30O2/c1-13-11-20-10-7-15-18(2,16(20)6-5-14(13)12-20)8-4-9-19(15,3)17(21)22/h14-16H,1,4-12H2,2-3H3,(H,21,22)/t14-,15+,16?,18-,19-,20?/m1/s1. The molecule has 0 radical (unpaired) electrons. The topological polar surface area (TPSA) is 37.3 Å². The lowest BCUT2D eigenvalue weighted by molar-refractivity contribution is -0.181. The van der Waals surface area contributed by atoms with E-state index >= 15 is 0 Å². The summed E-state index contributed by atoms with van der Waals surface area (Å²) in [5.41, 5.74) is 1.71. The Hall–Kier alpha value is -0.790. The molecular weight excluding hydrogens is 272 g/mol. The number of carbonyl (C=O) groups is 1. The zero-order valence-electron chi connectivity index (χ0n) is 14.2. The molecule has 4 fully saturated rings. The van der Waals surface area contributed by atoms with Gasteiger partial charge in [-0.05, 0) is 86.9 Å². The minimum Gasteiger partial charge on any atom is -0.481 e. The Morgan fingerprint density at radius 3 is 2.64 bits per heavy atom. The third-order valence-electron chi connectivity index (χ3n) is 8.54. The molecule has 0 heterocycles. The van der Waals surface area contributed by atoms with E-state index in [1.807, 2.05) is 6.92 Å². The van der Waals surface area contributed by atoms with Gasteiger partial charge in [0, 0.05) is 0 Å². The molecule has 0 aromatic rings. The first-order chi connectivity index (χ1) is 10.3. The van der Waals surface area contributed by atoms with Crippen molar-refractivity contribution in [3.63, 3.8) is 0 Å². The Kier molecular flexibility index (Phi) is 2.95. The van der Waals surface area contributed by atoms with Crippen LogP contribution in [0.4, 0.5) is 0 Å². The van der Waals surface area contributed by atoms with E-state index in [4.69, 9.17) is 0 Å². The average molecular weight is 302 g/mol. The lowest BCUT2D eigenvalue weighted by Crippen LogP contribution is -2.58. The van der Waals surface area contributed by atoms with Gasteiger partial charge >= 0.3 is 5.97 Å². The average Bonchev–Trinajstić information content (AvgIpc) is 2.68. The van der Waals surface area contributed by atoms with Gasteiger partial charge in [-0.3, -0.25) is 4.79 Å². The molecule has 122 valence electrons. The highest BCUT2D eigenvalue weighted by Gasteiger charge is 2.64. The number of hydrogen-bond donors (Lipinski definition) is 1. The van der Waals surface area contributed by atoms with E-state index in [9.17, 15) is 9.90 Å². The Morgan fingerprint density at radius 1 is 1.14 bits per heavy atom. The maximum absolute atomic E-state index is 12.0. The lowest BCUT2D eigenvalue weighted by Gasteiger charge is -2.63. The monoisotopic (exact) mass is 302 g/mol. The van der Waals surface area contributed by atoms with Crippen LogP contribution in [0.3, 0.4) is 0 Å². The molecule has 4 aliphatic carbocycles. The van der Waals surface area contributed by atoms with Crippen LogP contribution in [0.2, 0.25) is 0 Å². The highest BCUT2D eigenvalue weighted by molar-refractivity contribution is 5.75. The van der Waals surface area contributed by atoms with Gasteiger partial charge < -0.3 is 5.11 Å². The van der Waals surface area contributed by atoms with E-state index in [0.717, 1.165) is 31.1 Å². The van der Waals surface area contributed by atoms with E-state index < -0.39 is 11.4 Å². The predicted octanol–water partition coefficient (Wildman–Crippen LogP) is 5.04. The van der Waals surface area contributed by atoms with Crippen molar-refractivity contribution < 1.29 is 9.90 Å². The predicted molar refractivity (Wildman–Crippen MR) is 87.4 cm³/mol. The molecular formula is C20H30O2. The summed E-state index contributed by atoms with van der Waals surface area (Å²) in [6.07, 6.45) is 10.8. The smallest absolute Gasteiger partial charge is 0.309 e. The van der Waals surface area contributed by atoms with E-state index in [0.29, 0.717) is 11.3 Å². The van der Waals surface area contributed by atoms with Crippen molar-refractivity contribution in [3.05, 3.63) is 12.2 Å². The summed E-state index contributed by atoms with van der Waals surface area (Å²) in [5.74, 6) is 1.32. The first-order valence-electron chi connectivity index (χ1n) is 9.23. The molecule has 0 aliphatic heterocycles. The highest BCUT2D eigenvalue weighted by atomic mass is 16.4. The van der Waals surface area contributed by atoms with Crippen molar-refractivity contribution in [1.29, 1.82) is 0 Å². The number of hydrogen-bond acceptors (Lipinski definition) is 1. The van der Waals surface area contributed by atoms with Crippen LogP contribution in [0.25, 0.3) is 0 Å². The van der Waals surface area contributed by atoms with Crippen LogP contribution in [0.15, 0.2) is 12.2 Å². The minimum absolute atomic E-state index is 0.235. The zero-order chi connectivity index (χ0) is 15.8. The zero-order valence-corrected chi connectivity index (χ0v) is 14.2. The summed E-state index contributed by atoms with van der Waals surface area (Å²) in [5, 5.41) is 9.90. The van der Waals surface area contributed by atoms with E-state index in [1.54, 1.807) is 0 Å². The Balaban J connectivity index is 1.75. The SMILES string of the molecule is C=C1CC23CC[C@@H]4[C@](C)(C(=O)O)CCC[C@@]4(C)C2CC[C@@H]1C3. The summed E-state index contributed by atoms with van der Waals surface area (Å²) in [6.45, 7) is 8.86. The molecule has 0 saturated heterocycles. The second-order valence-electron chi connectivity index (χ2n) is 9.40. The third-order valence-corrected chi connectivity index (χ3v) is 8.54. The fourth-order valence-corrected chi connectivity index (χ4v) is 7.61. The minimum atomic E-state index is -0.552. The molecule has 2 unspecified atom stereocenters. The van der Waals surface area contributed by atoms with Gasteiger partial charge in [0.2, 0.25) is 0 Å². The molecule has 4 aliphatic rings. The number of fused-ring (bicyclic) bond motifs is 3. The number of aliphatic carboxylic acids is 1. The van der Waals surface area contributed by atoms with Crippen molar-refractivity contribution in [3.8, 4) is 0 Å². The van der Waals surface area contributed by atoms with Gasteiger partial charge in [0.25, 0.3) is 0 Å². The normalized spacial score (nSPS) is 53.7. The molecule has 4 rings (SSSR count). The van der Waals surface area contributed by atoms with Crippen molar-refractivity contribution in [2.45, 2.75) is 71.6 Å². The van der Waals surface area contributed by atoms with Gasteiger partial charge in [0.1, 0.15) is 0 Å². The Morgan fingerprint density at radius 2 is 1.91 bits per heavy atom. The molecule has 2 nitrogen and oxygen atoms in total. The molecule has 2 heteroatoms. The summed E-state index contributed by atoms with van der Waals surface area (Å²) in [4.78, 5) is 12.0. The van der Waals surface area contributed by atoms with Crippen molar-refractivity contribution in [2.75, 3.05) is 0 Å². The van der Waals surface area contributed by atoms with Gasteiger partial charge in [-0.1, -0.05) is 25.5 Å². The first-order valence-corrected chi connectivity index (χ1v) is 9.23. The van der Waals surface area contributed by atoms with Crippen LogP contribution in [-0.2, 0) is 4.79 Å². The second-order valence-corrected chi connectivity index (χ2v) is 9.40. The van der Waals surface area contributed by atoms with E-state index in [1.165, 1.54) is 44.1 Å². The molecule has 6 atom stereocenters. The molecule has 22 heavy (non-hydrogen) atoms. The molecule has 1 spiro atoms. The highest BCUT2D eigenvalue weighted by Crippen LogP contribution is 2.72. The Bertz CT molecular complexity index is 538. The van der Waals surface area contributed by atoms with Gasteiger partial charge in [-0.25, -0.2) is 0 Å². The molecule has 0 aromatic heterocycles. The fourth-order valence-electron chi connectivity index (χ4n) is 7.61. The van der Waals surface area contributed by atoms with Gasteiger partial charge in [0.15, 0.2) is 0 Å². The van der Waals surface area contributed by atoms with Crippen molar-refractivity contribution in [2.24, 2.45) is 34.0 Å². The van der Waals surface area contributed by atoms with Crippen molar-refractivity contribution in [1.82, 2.24) is 0 Å². The number of rotatable bonds is 1. The summed E-state index contributed by atoms with van der Waals surface area (Å²) in [6, 6.07) is 0. The first kappa shape index (κ1) is 14.8. The molecule has 2 bridgehead atoms. The second kappa shape index (κ2) is 4.39. The van der Waals surface area contributed by atoms with E-state index in [2.05, 4.69) is 13.5 Å². The van der Waals surface area contributed by atoms with Crippen LogP contribution in [-0.4, -0.2) is 11.1 Å².